The Morgan fingerprint density at radius 1 is 1.35 bits per heavy atom. The average molecular weight is 279 g/mol. The molecule has 5 heteroatoms. The molecule has 2 N–H and O–H groups in total. The molecule has 0 fully saturated rings. The Morgan fingerprint density at radius 2 is 2.05 bits per heavy atom. The lowest BCUT2D eigenvalue weighted by Gasteiger charge is -2.16. The van der Waals surface area contributed by atoms with Crippen LogP contribution in [0.25, 0.3) is 0 Å². The Bertz CT molecular complexity index is 471. The smallest absolute Gasteiger partial charge is 0.326 e. The predicted octanol–water partition coefficient (Wildman–Crippen LogP) is 2.06. The molecule has 0 heterocycles. The molecule has 110 valence electrons. The van der Waals surface area contributed by atoms with E-state index in [1.807, 2.05) is 19.9 Å². The molecule has 0 radical (unpaired) electrons. The van der Waals surface area contributed by atoms with Gasteiger partial charge >= 0.3 is 5.97 Å². The Balaban J connectivity index is 2.78. The maximum absolute atomic E-state index is 12.1. The molecule has 0 aliphatic rings. The van der Waals surface area contributed by atoms with Crippen LogP contribution in [0.5, 0.6) is 0 Å². The van der Waals surface area contributed by atoms with Crippen LogP contribution in [-0.4, -0.2) is 30.1 Å². The van der Waals surface area contributed by atoms with Crippen LogP contribution in [0.4, 0.5) is 0 Å². The highest BCUT2D eigenvalue weighted by molar-refractivity contribution is 5.96. The molecule has 1 aromatic rings. The SMILES string of the molecule is COCc1cccc(C(=O)N[C@@H](CC(C)C)C(=O)O)c1. The van der Waals surface area contributed by atoms with E-state index in [9.17, 15) is 9.59 Å². The van der Waals surface area contributed by atoms with Crippen molar-refractivity contribution >= 4 is 11.9 Å². The first-order valence-electron chi connectivity index (χ1n) is 6.55. The third-order valence-corrected chi connectivity index (χ3v) is 2.81. The number of carbonyl (C=O) groups is 2. The number of ether oxygens (including phenoxy) is 1. The summed E-state index contributed by atoms with van der Waals surface area (Å²) < 4.78 is 5.01. The van der Waals surface area contributed by atoms with Crippen LogP contribution in [0.1, 0.15) is 36.2 Å². The number of amides is 1. The van der Waals surface area contributed by atoms with E-state index < -0.39 is 12.0 Å². The third kappa shape index (κ3) is 5.01. The van der Waals surface area contributed by atoms with E-state index in [1.165, 1.54) is 0 Å². The van der Waals surface area contributed by atoms with Gasteiger partial charge in [0.2, 0.25) is 0 Å². The van der Waals surface area contributed by atoms with E-state index in [2.05, 4.69) is 5.32 Å². The van der Waals surface area contributed by atoms with Crippen LogP contribution in [0, 0.1) is 5.92 Å². The third-order valence-electron chi connectivity index (χ3n) is 2.81. The molecule has 0 unspecified atom stereocenters. The first-order valence-corrected chi connectivity index (χ1v) is 6.55. The van der Waals surface area contributed by atoms with E-state index in [0.717, 1.165) is 5.56 Å². The number of aliphatic carboxylic acids is 1. The van der Waals surface area contributed by atoms with E-state index in [1.54, 1.807) is 25.3 Å². The number of benzene rings is 1. The van der Waals surface area contributed by atoms with Crippen LogP contribution in [0.2, 0.25) is 0 Å². The topological polar surface area (TPSA) is 75.6 Å². The monoisotopic (exact) mass is 279 g/mol. The van der Waals surface area contributed by atoms with Gasteiger partial charge in [-0.15, -0.1) is 0 Å². The quantitative estimate of drug-likeness (QED) is 0.801. The minimum atomic E-state index is -1.01. The molecular weight excluding hydrogens is 258 g/mol. The maximum Gasteiger partial charge on any atom is 0.326 e. The molecule has 1 aromatic carbocycles. The predicted molar refractivity (Wildman–Crippen MR) is 75.5 cm³/mol. The molecular formula is C15H21NO4. The fraction of sp³-hybridized carbons (Fsp3) is 0.467. The van der Waals surface area contributed by atoms with Crippen molar-refractivity contribution in [2.24, 2.45) is 5.92 Å². The lowest BCUT2D eigenvalue weighted by molar-refractivity contribution is -0.139. The number of methoxy groups -OCH3 is 1. The Morgan fingerprint density at radius 3 is 2.60 bits per heavy atom. The summed E-state index contributed by atoms with van der Waals surface area (Å²) in [5.74, 6) is -1.20. The van der Waals surface area contributed by atoms with Gasteiger partial charge < -0.3 is 15.2 Å². The van der Waals surface area contributed by atoms with Gasteiger partial charge in [0.25, 0.3) is 5.91 Å². The molecule has 5 nitrogen and oxygen atoms in total. The molecule has 0 aliphatic heterocycles. The van der Waals surface area contributed by atoms with Crippen molar-refractivity contribution in [2.75, 3.05) is 7.11 Å². The summed E-state index contributed by atoms with van der Waals surface area (Å²) in [4.78, 5) is 23.2. The molecule has 0 saturated carbocycles. The maximum atomic E-state index is 12.1. The van der Waals surface area contributed by atoms with Gasteiger partial charge in [-0.2, -0.15) is 0 Å². The summed E-state index contributed by atoms with van der Waals surface area (Å²) in [6.45, 7) is 4.25. The lowest BCUT2D eigenvalue weighted by atomic mass is 10.0. The number of hydrogen-bond donors (Lipinski definition) is 2. The van der Waals surface area contributed by atoms with Crippen molar-refractivity contribution in [3.8, 4) is 0 Å². The van der Waals surface area contributed by atoms with Gasteiger partial charge in [0, 0.05) is 12.7 Å². The van der Waals surface area contributed by atoms with E-state index in [-0.39, 0.29) is 11.8 Å². The molecule has 0 aliphatic carbocycles. The number of hydrogen-bond acceptors (Lipinski definition) is 3. The summed E-state index contributed by atoms with van der Waals surface area (Å²) in [6.07, 6.45) is 0.402. The fourth-order valence-electron chi connectivity index (χ4n) is 1.90. The highest BCUT2D eigenvalue weighted by Crippen LogP contribution is 2.09. The zero-order valence-corrected chi connectivity index (χ0v) is 12.1. The number of nitrogens with one attached hydrogen (secondary N) is 1. The standard InChI is InChI=1S/C15H21NO4/c1-10(2)7-13(15(18)19)16-14(17)12-6-4-5-11(8-12)9-20-3/h4-6,8,10,13H,7,9H2,1-3H3,(H,16,17)(H,18,19)/t13-/m0/s1. The van der Waals surface area contributed by atoms with Crippen LogP contribution < -0.4 is 5.32 Å². The van der Waals surface area contributed by atoms with Gasteiger partial charge in [-0.05, 0) is 30.0 Å². The van der Waals surface area contributed by atoms with Gasteiger partial charge in [-0.1, -0.05) is 26.0 Å². The van der Waals surface area contributed by atoms with Crippen molar-refractivity contribution in [1.82, 2.24) is 5.32 Å². The summed E-state index contributed by atoms with van der Waals surface area (Å²) in [6, 6.07) is 6.09. The van der Waals surface area contributed by atoms with Crippen molar-refractivity contribution < 1.29 is 19.4 Å². The molecule has 1 atom stereocenters. The zero-order chi connectivity index (χ0) is 15.1. The Labute approximate surface area is 118 Å². The first kappa shape index (κ1) is 16.2. The van der Waals surface area contributed by atoms with Crippen LogP contribution in [-0.2, 0) is 16.1 Å². The molecule has 20 heavy (non-hydrogen) atoms. The van der Waals surface area contributed by atoms with Gasteiger partial charge in [-0.25, -0.2) is 4.79 Å². The van der Waals surface area contributed by atoms with Crippen LogP contribution in [0.15, 0.2) is 24.3 Å². The molecule has 1 amide bonds. The van der Waals surface area contributed by atoms with Crippen molar-refractivity contribution in [1.29, 1.82) is 0 Å². The van der Waals surface area contributed by atoms with Gasteiger partial charge in [-0.3, -0.25) is 4.79 Å². The number of rotatable bonds is 7. The summed E-state index contributed by atoms with van der Waals surface area (Å²) in [5.41, 5.74) is 1.31. The lowest BCUT2D eigenvalue weighted by Crippen LogP contribution is -2.41. The minimum absolute atomic E-state index is 0.191. The summed E-state index contributed by atoms with van der Waals surface area (Å²) in [5, 5.41) is 11.7. The largest absolute Gasteiger partial charge is 0.480 e. The van der Waals surface area contributed by atoms with E-state index >= 15 is 0 Å². The number of carbonyl (C=O) groups excluding carboxylic acids is 1. The minimum Gasteiger partial charge on any atom is -0.480 e. The highest BCUT2D eigenvalue weighted by Gasteiger charge is 2.21. The van der Waals surface area contributed by atoms with E-state index in [0.29, 0.717) is 18.6 Å². The second-order valence-corrected chi connectivity index (χ2v) is 5.13. The van der Waals surface area contributed by atoms with Gasteiger partial charge in [0.1, 0.15) is 6.04 Å². The molecule has 0 bridgehead atoms. The second-order valence-electron chi connectivity index (χ2n) is 5.13. The van der Waals surface area contributed by atoms with Gasteiger partial charge in [0.15, 0.2) is 0 Å². The second kappa shape index (κ2) is 7.65. The number of carboxylic acids is 1. The number of carboxylic acid groups (broad SMARTS) is 1. The van der Waals surface area contributed by atoms with Crippen LogP contribution >= 0.6 is 0 Å². The molecule has 0 saturated heterocycles. The molecule has 0 spiro atoms. The van der Waals surface area contributed by atoms with Gasteiger partial charge in [0.05, 0.1) is 6.61 Å². The fourth-order valence-corrected chi connectivity index (χ4v) is 1.90. The normalized spacial score (nSPS) is 12.2. The average Bonchev–Trinajstić information content (AvgIpc) is 2.38. The summed E-state index contributed by atoms with van der Waals surface area (Å²) in [7, 11) is 1.58. The zero-order valence-electron chi connectivity index (χ0n) is 12.1. The highest BCUT2D eigenvalue weighted by atomic mass is 16.5. The molecule has 1 rings (SSSR count). The van der Waals surface area contributed by atoms with Crippen molar-refractivity contribution in [3.05, 3.63) is 35.4 Å². The Hall–Kier alpha value is -1.88. The summed E-state index contributed by atoms with van der Waals surface area (Å²) >= 11 is 0. The molecule has 0 aromatic heterocycles. The van der Waals surface area contributed by atoms with Crippen molar-refractivity contribution in [2.45, 2.75) is 32.9 Å². The van der Waals surface area contributed by atoms with Crippen LogP contribution in [0.3, 0.4) is 0 Å². The van der Waals surface area contributed by atoms with Crippen molar-refractivity contribution in [3.63, 3.8) is 0 Å². The Kier molecular flexibility index (Phi) is 6.18. The first-order chi connectivity index (χ1) is 9.43. The van der Waals surface area contributed by atoms with E-state index in [4.69, 9.17) is 9.84 Å².